The zero-order valence-corrected chi connectivity index (χ0v) is 12.4. The van der Waals surface area contributed by atoms with Gasteiger partial charge in [-0.2, -0.15) is 0 Å². The lowest BCUT2D eigenvalue weighted by Gasteiger charge is -2.63. The van der Waals surface area contributed by atoms with Crippen LogP contribution in [0.4, 0.5) is 0 Å². The molecule has 0 spiro atoms. The standard InChI is InChI=1S/C16H25NO3/c1-10(17-11(2)18)16-6-12-3-13(7-16)5-15(4-12,9-16)8-14(19)20/h10,12-13H,3-9H2,1-2H3,(H,17,18)(H,19,20)/t10-,12-,13+,15?,16?/m1/s1. The molecule has 20 heavy (non-hydrogen) atoms. The fraction of sp³-hybridized carbons (Fsp3) is 0.875. The number of nitrogens with one attached hydrogen (secondary N) is 1. The van der Waals surface area contributed by atoms with Crippen molar-refractivity contribution in [2.24, 2.45) is 22.7 Å². The predicted molar refractivity (Wildman–Crippen MR) is 75.1 cm³/mol. The lowest BCUT2D eigenvalue weighted by molar-refractivity contribution is -0.157. The van der Waals surface area contributed by atoms with Crippen molar-refractivity contribution >= 4 is 11.9 Å². The number of carboxylic acid groups (broad SMARTS) is 1. The molecule has 4 aliphatic rings. The van der Waals surface area contributed by atoms with Crippen molar-refractivity contribution < 1.29 is 14.7 Å². The van der Waals surface area contributed by atoms with E-state index in [4.69, 9.17) is 0 Å². The maximum absolute atomic E-state index is 11.4. The first-order valence-electron chi connectivity index (χ1n) is 7.81. The van der Waals surface area contributed by atoms with Gasteiger partial charge in [0.2, 0.25) is 5.91 Å². The Kier molecular flexibility index (Phi) is 3.11. The molecule has 2 N–H and O–H groups in total. The summed E-state index contributed by atoms with van der Waals surface area (Å²) >= 11 is 0. The van der Waals surface area contributed by atoms with Crippen LogP contribution in [0.25, 0.3) is 0 Å². The normalized spacial score (nSPS) is 43.3. The molecule has 4 rings (SSSR count). The highest BCUT2D eigenvalue weighted by molar-refractivity contribution is 5.73. The summed E-state index contributed by atoms with van der Waals surface area (Å²) in [5.41, 5.74) is 0.147. The van der Waals surface area contributed by atoms with Gasteiger partial charge in [0.15, 0.2) is 0 Å². The molecule has 0 aromatic heterocycles. The number of aliphatic carboxylic acids is 1. The summed E-state index contributed by atoms with van der Waals surface area (Å²) in [5.74, 6) is 0.716. The molecule has 5 atom stereocenters. The fourth-order valence-electron chi connectivity index (χ4n) is 6.02. The second-order valence-electron chi connectivity index (χ2n) is 7.82. The molecule has 0 saturated heterocycles. The van der Waals surface area contributed by atoms with Crippen LogP contribution in [0.15, 0.2) is 0 Å². The second-order valence-corrected chi connectivity index (χ2v) is 7.82. The maximum Gasteiger partial charge on any atom is 0.303 e. The van der Waals surface area contributed by atoms with E-state index in [0.29, 0.717) is 18.3 Å². The minimum Gasteiger partial charge on any atom is -0.481 e. The summed E-state index contributed by atoms with van der Waals surface area (Å²) in [5, 5.41) is 12.4. The quantitative estimate of drug-likeness (QED) is 0.831. The molecule has 0 aromatic rings. The van der Waals surface area contributed by atoms with Crippen LogP contribution in [0.3, 0.4) is 0 Å². The zero-order chi connectivity index (χ0) is 14.5. The van der Waals surface area contributed by atoms with Crippen LogP contribution in [0, 0.1) is 22.7 Å². The van der Waals surface area contributed by atoms with E-state index >= 15 is 0 Å². The summed E-state index contributed by atoms with van der Waals surface area (Å²) in [6.45, 7) is 3.69. The van der Waals surface area contributed by atoms with E-state index in [1.54, 1.807) is 6.92 Å². The lowest BCUT2D eigenvalue weighted by Crippen LogP contribution is -2.59. The fourth-order valence-corrected chi connectivity index (χ4v) is 6.02. The molecule has 0 heterocycles. The van der Waals surface area contributed by atoms with Crippen molar-refractivity contribution in [1.82, 2.24) is 5.32 Å². The topological polar surface area (TPSA) is 66.4 Å². The minimum absolute atomic E-state index is 0.00262. The Hall–Kier alpha value is -1.06. The summed E-state index contributed by atoms with van der Waals surface area (Å²) in [4.78, 5) is 22.7. The maximum atomic E-state index is 11.4. The van der Waals surface area contributed by atoms with Crippen LogP contribution in [-0.2, 0) is 9.59 Å². The first-order chi connectivity index (χ1) is 9.32. The van der Waals surface area contributed by atoms with E-state index in [1.807, 2.05) is 0 Å². The third-order valence-corrected chi connectivity index (χ3v) is 6.09. The molecule has 4 fully saturated rings. The second kappa shape index (κ2) is 4.47. The Labute approximate surface area is 120 Å². The van der Waals surface area contributed by atoms with Gasteiger partial charge < -0.3 is 10.4 Å². The number of amides is 1. The van der Waals surface area contributed by atoms with Gasteiger partial charge in [0.1, 0.15) is 0 Å². The van der Waals surface area contributed by atoms with Crippen molar-refractivity contribution in [2.75, 3.05) is 0 Å². The Morgan fingerprint density at radius 3 is 2.35 bits per heavy atom. The highest BCUT2D eigenvalue weighted by Crippen LogP contribution is 2.67. The van der Waals surface area contributed by atoms with Crippen molar-refractivity contribution in [3.05, 3.63) is 0 Å². The molecule has 4 saturated carbocycles. The zero-order valence-electron chi connectivity index (χ0n) is 12.4. The molecular formula is C16H25NO3. The molecule has 112 valence electrons. The SMILES string of the molecule is CC(=O)N[C@H](C)C12C[C@@H]3C[C@@H](CC(CC(=O)O)(C3)C1)C2. The van der Waals surface area contributed by atoms with Crippen LogP contribution < -0.4 is 5.32 Å². The molecule has 4 nitrogen and oxygen atoms in total. The molecule has 0 aromatic carbocycles. The van der Waals surface area contributed by atoms with E-state index in [1.165, 1.54) is 19.3 Å². The average Bonchev–Trinajstić information content (AvgIpc) is 2.23. The summed E-state index contributed by atoms with van der Waals surface area (Å²) in [7, 11) is 0. The molecule has 4 aliphatic carbocycles. The number of hydrogen-bond donors (Lipinski definition) is 2. The first-order valence-corrected chi connectivity index (χ1v) is 7.81. The highest BCUT2D eigenvalue weighted by atomic mass is 16.4. The number of carbonyl (C=O) groups excluding carboxylic acids is 1. The summed E-state index contributed by atoms with van der Waals surface area (Å²) < 4.78 is 0. The number of carboxylic acids is 1. The molecular weight excluding hydrogens is 254 g/mol. The molecule has 0 aliphatic heterocycles. The van der Waals surface area contributed by atoms with E-state index in [2.05, 4.69) is 12.2 Å². The Morgan fingerprint density at radius 1 is 1.25 bits per heavy atom. The van der Waals surface area contributed by atoms with Crippen molar-refractivity contribution in [3.63, 3.8) is 0 Å². The van der Waals surface area contributed by atoms with Crippen LogP contribution in [0.5, 0.6) is 0 Å². The van der Waals surface area contributed by atoms with Crippen molar-refractivity contribution in [2.45, 2.75) is 64.8 Å². The van der Waals surface area contributed by atoms with Gasteiger partial charge in [-0.15, -0.1) is 0 Å². The van der Waals surface area contributed by atoms with Gasteiger partial charge in [-0.1, -0.05) is 0 Å². The molecule has 4 heteroatoms. The highest BCUT2D eigenvalue weighted by Gasteiger charge is 2.59. The van der Waals surface area contributed by atoms with E-state index < -0.39 is 5.97 Å². The van der Waals surface area contributed by atoms with Gasteiger partial charge in [0, 0.05) is 13.0 Å². The van der Waals surface area contributed by atoms with Gasteiger partial charge >= 0.3 is 5.97 Å². The smallest absolute Gasteiger partial charge is 0.303 e. The molecule has 0 radical (unpaired) electrons. The largest absolute Gasteiger partial charge is 0.481 e. The number of hydrogen-bond acceptors (Lipinski definition) is 2. The Morgan fingerprint density at radius 2 is 1.85 bits per heavy atom. The van der Waals surface area contributed by atoms with Gasteiger partial charge in [-0.3, -0.25) is 9.59 Å². The van der Waals surface area contributed by atoms with Gasteiger partial charge in [0.05, 0.1) is 6.42 Å². The van der Waals surface area contributed by atoms with Crippen LogP contribution in [-0.4, -0.2) is 23.0 Å². The molecule has 1 amide bonds. The van der Waals surface area contributed by atoms with E-state index in [9.17, 15) is 14.7 Å². The first kappa shape index (κ1) is 13.9. The molecule has 2 unspecified atom stereocenters. The van der Waals surface area contributed by atoms with Crippen LogP contribution in [0.2, 0.25) is 0 Å². The monoisotopic (exact) mass is 279 g/mol. The summed E-state index contributed by atoms with van der Waals surface area (Å²) in [6.07, 6.45) is 7.10. The number of rotatable bonds is 4. The van der Waals surface area contributed by atoms with E-state index in [0.717, 1.165) is 19.3 Å². The van der Waals surface area contributed by atoms with Gasteiger partial charge in [-0.25, -0.2) is 0 Å². The Bertz CT molecular complexity index is 431. The van der Waals surface area contributed by atoms with Gasteiger partial charge in [0.25, 0.3) is 0 Å². The lowest BCUT2D eigenvalue weighted by atomic mass is 9.42. The third kappa shape index (κ3) is 2.23. The van der Waals surface area contributed by atoms with Crippen LogP contribution in [0.1, 0.15) is 58.8 Å². The number of carbonyl (C=O) groups is 2. The van der Waals surface area contributed by atoms with Crippen molar-refractivity contribution in [1.29, 1.82) is 0 Å². The third-order valence-electron chi connectivity index (χ3n) is 6.09. The van der Waals surface area contributed by atoms with E-state index in [-0.39, 0.29) is 22.8 Å². The minimum atomic E-state index is -0.658. The average molecular weight is 279 g/mol. The molecule has 4 bridgehead atoms. The summed E-state index contributed by atoms with van der Waals surface area (Å²) in [6, 6.07) is 0.166. The van der Waals surface area contributed by atoms with Gasteiger partial charge in [-0.05, 0) is 68.1 Å². The van der Waals surface area contributed by atoms with Crippen molar-refractivity contribution in [3.8, 4) is 0 Å². The van der Waals surface area contributed by atoms with Crippen LogP contribution >= 0.6 is 0 Å². The predicted octanol–water partition coefficient (Wildman–Crippen LogP) is 2.57. The Balaban J connectivity index is 1.86.